The molecule has 0 saturated heterocycles. The second kappa shape index (κ2) is 7.33. The molecule has 0 fully saturated rings. The van der Waals surface area contributed by atoms with Crippen LogP contribution in [0.2, 0.25) is 5.02 Å². The van der Waals surface area contributed by atoms with Gasteiger partial charge in [0.1, 0.15) is 6.61 Å². The van der Waals surface area contributed by atoms with Crippen LogP contribution in [0.3, 0.4) is 0 Å². The number of aromatic hydroxyl groups is 1. The molecule has 0 saturated carbocycles. The fourth-order valence-corrected chi connectivity index (χ4v) is 3.87. The van der Waals surface area contributed by atoms with Gasteiger partial charge in [-0.3, -0.25) is 9.69 Å². The Morgan fingerprint density at radius 1 is 1.10 bits per heavy atom. The number of benzene rings is 2. The highest BCUT2D eigenvalue weighted by Gasteiger charge is 2.43. The van der Waals surface area contributed by atoms with Crippen LogP contribution >= 0.6 is 11.6 Å². The SMILES string of the molecule is COc1cc(C2CC(=O)N(c3ccc(Cl)cc3)C3=C2C(=O)OC3)cc(OC)c1O. The number of cyclic esters (lactones) is 1. The van der Waals surface area contributed by atoms with Crippen LogP contribution in [0.5, 0.6) is 17.2 Å². The summed E-state index contributed by atoms with van der Waals surface area (Å²) < 4.78 is 15.7. The molecular formula is C21H18ClNO6. The lowest BCUT2D eigenvalue weighted by molar-refractivity contribution is -0.136. The summed E-state index contributed by atoms with van der Waals surface area (Å²) >= 11 is 5.96. The molecule has 0 spiro atoms. The minimum atomic E-state index is -0.542. The summed E-state index contributed by atoms with van der Waals surface area (Å²) in [6.45, 7) is 0.00534. The highest BCUT2D eigenvalue weighted by Crippen LogP contribution is 2.46. The first-order chi connectivity index (χ1) is 13.9. The average molecular weight is 416 g/mol. The van der Waals surface area contributed by atoms with Crippen LogP contribution in [0, 0.1) is 0 Å². The fraction of sp³-hybridized carbons (Fsp3) is 0.238. The summed E-state index contributed by atoms with van der Waals surface area (Å²) in [4.78, 5) is 27.1. The molecule has 29 heavy (non-hydrogen) atoms. The van der Waals surface area contributed by atoms with Crippen molar-refractivity contribution in [1.29, 1.82) is 0 Å². The third-order valence-electron chi connectivity index (χ3n) is 5.11. The van der Waals surface area contributed by atoms with Crippen LogP contribution in [0.15, 0.2) is 47.7 Å². The first-order valence-electron chi connectivity index (χ1n) is 8.88. The molecule has 2 aliphatic heterocycles. The second-order valence-electron chi connectivity index (χ2n) is 6.67. The van der Waals surface area contributed by atoms with Crippen molar-refractivity contribution in [2.45, 2.75) is 12.3 Å². The maximum Gasteiger partial charge on any atom is 0.336 e. The Kier molecular flexibility index (Phi) is 4.84. The first-order valence-corrected chi connectivity index (χ1v) is 9.26. The van der Waals surface area contributed by atoms with Gasteiger partial charge >= 0.3 is 5.97 Å². The summed E-state index contributed by atoms with van der Waals surface area (Å²) in [6, 6.07) is 10.0. The van der Waals surface area contributed by atoms with Crippen molar-refractivity contribution >= 4 is 29.2 Å². The van der Waals surface area contributed by atoms with Crippen LogP contribution in [0.4, 0.5) is 5.69 Å². The third-order valence-corrected chi connectivity index (χ3v) is 5.36. The number of halogens is 1. The van der Waals surface area contributed by atoms with Gasteiger partial charge in [0.15, 0.2) is 11.5 Å². The fourth-order valence-electron chi connectivity index (χ4n) is 3.74. The number of carbonyl (C=O) groups is 2. The van der Waals surface area contributed by atoms with Gasteiger partial charge in [0, 0.05) is 23.0 Å². The van der Waals surface area contributed by atoms with Crippen molar-refractivity contribution in [2.75, 3.05) is 25.7 Å². The van der Waals surface area contributed by atoms with Crippen LogP contribution in [-0.2, 0) is 14.3 Å². The van der Waals surface area contributed by atoms with Crippen molar-refractivity contribution in [2.24, 2.45) is 0 Å². The number of carbonyl (C=O) groups excluding carboxylic acids is 2. The highest BCUT2D eigenvalue weighted by atomic mass is 35.5. The molecule has 150 valence electrons. The average Bonchev–Trinajstić information content (AvgIpc) is 3.10. The molecule has 0 bridgehead atoms. The number of rotatable bonds is 4. The molecule has 1 amide bonds. The van der Waals surface area contributed by atoms with E-state index < -0.39 is 11.9 Å². The zero-order valence-corrected chi connectivity index (χ0v) is 16.5. The lowest BCUT2D eigenvalue weighted by Gasteiger charge is -2.32. The Balaban J connectivity index is 1.84. The van der Waals surface area contributed by atoms with E-state index in [1.807, 2.05) is 0 Å². The van der Waals surface area contributed by atoms with Crippen LogP contribution in [0.25, 0.3) is 0 Å². The van der Waals surface area contributed by atoms with E-state index in [1.165, 1.54) is 19.1 Å². The molecule has 1 unspecified atom stereocenters. The number of esters is 1. The van der Waals surface area contributed by atoms with E-state index in [4.69, 9.17) is 25.8 Å². The predicted molar refractivity (Wildman–Crippen MR) is 105 cm³/mol. The van der Waals surface area contributed by atoms with Gasteiger partial charge in [-0.2, -0.15) is 0 Å². The molecule has 8 heteroatoms. The van der Waals surface area contributed by atoms with E-state index >= 15 is 0 Å². The monoisotopic (exact) mass is 415 g/mol. The van der Waals surface area contributed by atoms with Crippen molar-refractivity contribution in [3.05, 3.63) is 58.3 Å². The Labute approximate surface area is 172 Å². The van der Waals surface area contributed by atoms with Gasteiger partial charge in [0.2, 0.25) is 11.7 Å². The zero-order chi connectivity index (χ0) is 20.7. The predicted octanol–water partition coefficient (Wildman–Crippen LogP) is 3.39. The Morgan fingerprint density at radius 2 is 1.72 bits per heavy atom. The molecule has 7 nitrogen and oxygen atoms in total. The van der Waals surface area contributed by atoms with Crippen molar-refractivity contribution in [1.82, 2.24) is 0 Å². The number of phenolic OH excluding ortho intramolecular Hbond substituents is 1. The van der Waals surface area contributed by atoms with E-state index in [0.29, 0.717) is 27.5 Å². The Hall–Kier alpha value is -3.19. The lowest BCUT2D eigenvalue weighted by atomic mass is 9.83. The highest BCUT2D eigenvalue weighted by molar-refractivity contribution is 6.30. The van der Waals surface area contributed by atoms with Crippen LogP contribution in [0.1, 0.15) is 17.9 Å². The topological polar surface area (TPSA) is 85.3 Å². The minimum absolute atomic E-state index is 0.00534. The maximum absolute atomic E-state index is 13.1. The molecular weight excluding hydrogens is 398 g/mol. The van der Waals surface area contributed by atoms with Gasteiger partial charge in [0.05, 0.1) is 25.5 Å². The van der Waals surface area contributed by atoms with E-state index in [2.05, 4.69) is 0 Å². The van der Waals surface area contributed by atoms with Crippen molar-refractivity contribution in [3.8, 4) is 17.2 Å². The number of hydrogen-bond donors (Lipinski definition) is 1. The molecule has 1 N–H and O–H groups in total. The largest absolute Gasteiger partial charge is 0.502 e. The number of ether oxygens (including phenoxy) is 3. The quantitative estimate of drug-likeness (QED) is 0.770. The molecule has 1 atom stereocenters. The number of amides is 1. The van der Waals surface area contributed by atoms with Gasteiger partial charge in [-0.25, -0.2) is 4.79 Å². The molecule has 4 rings (SSSR count). The van der Waals surface area contributed by atoms with Gasteiger partial charge < -0.3 is 19.3 Å². The van der Waals surface area contributed by atoms with Gasteiger partial charge in [-0.1, -0.05) is 11.6 Å². The number of anilines is 1. The van der Waals surface area contributed by atoms with Gasteiger partial charge in [-0.05, 0) is 42.0 Å². The van der Waals surface area contributed by atoms with Gasteiger partial charge in [-0.15, -0.1) is 0 Å². The summed E-state index contributed by atoms with van der Waals surface area (Å²) in [5, 5.41) is 10.7. The van der Waals surface area contributed by atoms with Crippen molar-refractivity contribution in [3.63, 3.8) is 0 Å². The number of phenols is 1. The summed E-state index contributed by atoms with van der Waals surface area (Å²) in [5.41, 5.74) is 2.15. The Bertz CT molecular complexity index is 1000. The van der Waals surface area contributed by atoms with E-state index in [9.17, 15) is 14.7 Å². The van der Waals surface area contributed by atoms with Crippen LogP contribution in [-0.4, -0.2) is 37.8 Å². The molecule has 0 aromatic heterocycles. The van der Waals surface area contributed by atoms with Crippen LogP contribution < -0.4 is 14.4 Å². The molecule has 2 aromatic carbocycles. The van der Waals surface area contributed by atoms with E-state index in [-0.39, 0.29) is 36.2 Å². The molecule has 2 aromatic rings. The third kappa shape index (κ3) is 3.17. The number of nitrogens with zero attached hydrogens (tertiary/aromatic N) is 1. The van der Waals surface area contributed by atoms with Gasteiger partial charge in [0.25, 0.3) is 0 Å². The van der Waals surface area contributed by atoms with E-state index in [0.717, 1.165) is 0 Å². The summed E-state index contributed by atoms with van der Waals surface area (Å²) in [5.74, 6) is -0.949. The zero-order valence-electron chi connectivity index (χ0n) is 15.8. The summed E-state index contributed by atoms with van der Waals surface area (Å²) in [6.07, 6.45) is 0.0492. The summed E-state index contributed by atoms with van der Waals surface area (Å²) in [7, 11) is 2.84. The smallest absolute Gasteiger partial charge is 0.336 e. The number of hydrogen-bond acceptors (Lipinski definition) is 6. The van der Waals surface area contributed by atoms with Crippen molar-refractivity contribution < 1.29 is 28.9 Å². The number of methoxy groups -OCH3 is 2. The normalized spacial score (nSPS) is 18.6. The van der Waals surface area contributed by atoms with E-state index in [1.54, 1.807) is 36.4 Å². The second-order valence-corrected chi connectivity index (χ2v) is 7.11. The standard InChI is InChI=1S/C21H18ClNO6/c1-27-16-7-11(8-17(28-2)20(16)25)14-9-18(24)23(13-5-3-12(22)4-6-13)15-10-29-21(26)19(14)15/h3-8,14,25H,9-10H2,1-2H3. The molecule has 2 aliphatic rings. The first kappa shape index (κ1) is 19.1. The lowest BCUT2D eigenvalue weighted by Crippen LogP contribution is -2.37. The molecule has 2 heterocycles. The molecule has 0 aliphatic carbocycles. The minimum Gasteiger partial charge on any atom is -0.502 e. The maximum atomic E-state index is 13.1. The molecule has 0 radical (unpaired) electrons. The Morgan fingerprint density at radius 3 is 2.31 bits per heavy atom.